The maximum absolute atomic E-state index is 10.2. The molecule has 0 bridgehead atoms. The number of nitrogens with zero attached hydrogens (tertiary/aromatic N) is 3. The Bertz CT molecular complexity index is 460. The van der Waals surface area contributed by atoms with Crippen molar-refractivity contribution >= 4 is 0 Å². The summed E-state index contributed by atoms with van der Waals surface area (Å²) in [6.45, 7) is 7.68. The Hall–Kier alpha value is -0.910. The maximum atomic E-state index is 10.2. The minimum absolute atomic E-state index is 0.155. The summed E-state index contributed by atoms with van der Waals surface area (Å²) in [5, 5.41) is 14.6. The van der Waals surface area contributed by atoms with Crippen LogP contribution in [0.1, 0.15) is 44.7 Å². The number of morpholine rings is 1. The molecule has 0 amide bonds. The minimum atomic E-state index is -0.155. The van der Waals surface area contributed by atoms with Crippen molar-refractivity contribution in [1.29, 1.82) is 0 Å². The fourth-order valence-corrected chi connectivity index (χ4v) is 3.64. The smallest absolute Gasteiger partial charge is 0.0626 e. The van der Waals surface area contributed by atoms with E-state index in [-0.39, 0.29) is 6.10 Å². The van der Waals surface area contributed by atoms with Gasteiger partial charge in [-0.25, -0.2) is 0 Å². The fraction of sp³-hybridized carbons (Fsp3) is 0.812. The second kappa shape index (κ2) is 6.46. The van der Waals surface area contributed by atoms with Gasteiger partial charge >= 0.3 is 0 Å². The molecule has 3 atom stereocenters. The van der Waals surface area contributed by atoms with E-state index in [1.54, 1.807) is 0 Å². The summed E-state index contributed by atoms with van der Waals surface area (Å²) in [5.74, 6) is 0.366. The van der Waals surface area contributed by atoms with Gasteiger partial charge in [-0.15, -0.1) is 0 Å². The zero-order valence-electron chi connectivity index (χ0n) is 13.1. The second-order valence-corrected chi connectivity index (χ2v) is 6.70. The van der Waals surface area contributed by atoms with Gasteiger partial charge in [0, 0.05) is 42.9 Å². The molecule has 1 saturated heterocycles. The first-order valence-corrected chi connectivity index (χ1v) is 8.18. The molecule has 118 valence electrons. The monoisotopic (exact) mass is 293 g/mol. The van der Waals surface area contributed by atoms with Crippen LogP contribution in [0.5, 0.6) is 0 Å². The summed E-state index contributed by atoms with van der Waals surface area (Å²) in [7, 11) is 0. The molecule has 0 aromatic carbocycles. The lowest BCUT2D eigenvalue weighted by Crippen LogP contribution is -2.50. The topological polar surface area (TPSA) is 50.5 Å². The van der Waals surface area contributed by atoms with E-state index in [1.165, 1.54) is 5.56 Å². The average molecular weight is 293 g/mol. The number of rotatable bonds is 4. The number of hydrogen-bond acceptors (Lipinski definition) is 4. The molecule has 2 fully saturated rings. The van der Waals surface area contributed by atoms with E-state index in [0.29, 0.717) is 18.0 Å². The summed E-state index contributed by atoms with van der Waals surface area (Å²) < 4.78 is 7.69. The van der Waals surface area contributed by atoms with Crippen LogP contribution < -0.4 is 0 Å². The quantitative estimate of drug-likeness (QED) is 0.920. The first-order valence-electron chi connectivity index (χ1n) is 8.18. The molecule has 1 saturated carbocycles. The zero-order valence-corrected chi connectivity index (χ0v) is 13.1. The first kappa shape index (κ1) is 15.0. The summed E-state index contributed by atoms with van der Waals surface area (Å²) in [6, 6.07) is 0.745. The van der Waals surface area contributed by atoms with Crippen molar-refractivity contribution in [3.05, 3.63) is 18.0 Å². The molecular weight excluding hydrogens is 266 g/mol. The third-order valence-corrected chi connectivity index (χ3v) is 4.88. The molecule has 1 aromatic rings. The molecule has 1 N–H and O–H groups in total. The van der Waals surface area contributed by atoms with E-state index in [1.807, 2.05) is 10.9 Å². The molecule has 0 unspecified atom stereocenters. The van der Waals surface area contributed by atoms with Crippen molar-refractivity contribution in [2.45, 2.75) is 57.8 Å². The number of aliphatic hydroxyl groups excluding tert-OH is 1. The summed E-state index contributed by atoms with van der Waals surface area (Å²) in [4.78, 5) is 2.48. The number of ether oxygens (including phenoxy) is 1. The average Bonchev–Trinajstić information content (AvgIpc) is 3.09. The molecule has 5 heteroatoms. The predicted molar refractivity (Wildman–Crippen MR) is 81.0 cm³/mol. The van der Waals surface area contributed by atoms with Crippen molar-refractivity contribution < 1.29 is 9.84 Å². The van der Waals surface area contributed by atoms with Gasteiger partial charge in [0.25, 0.3) is 0 Å². The third-order valence-electron chi connectivity index (χ3n) is 4.88. The number of hydrogen-bond donors (Lipinski definition) is 1. The predicted octanol–water partition coefficient (Wildman–Crippen LogP) is 1.83. The van der Waals surface area contributed by atoms with E-state index >= 15 is 0 Å². The van der Waals surface area contributed by atoms with Crippen LogP contribution in [0.4, 0.5) is 0 Å². The van der Waals surface area contributed by atoms with E-state index in [4.69, 9.17) is 4.74 Å². The van der Waals surface area contributed by atoms with Crippen molar-refractivity contribution in [3.63, 3.8) is 0 Å². The van der Waals surface area contributed by atoms with Gasteiger partial charge in [0.05, 0.1) is 25.5 Å². The third kappa shape index (κ3) is 3.30. The highest BCUT2D eigenvalue weighted by molar-refractivity contribution is 5.05. The Labute approximate surface area is 126 Å². The van der Waals surface area contributed by atoms with E-state index in [9.17, 15) is 5.11 Å². The molecule has 3 rings (SSSR count). The van der Waals surface area contributed by atoms with Crippen LogP contribution in [0, 0.1) is 5.92 Å². The Balaban J connectivity index is 1.68. The van der Waals surface area contributed by atoms with Gasteiger partial charge in [-0.1, -0.05) is 6.42 Å². The normalized spacial score (nSPS) is 31.1. The van der Waals surface area contributed by atoms with Crippen LogP contribution in [0.2, 0.25) is 0 Å². The standard InChI is InChI=1S/C16H27N3O2/c1-12(2)19-10-13(8-17-19)9-18-6-7-21-11-15(18)14-4-3-5-16(14)20/h8,10,12,14-16,20H,3-7,9,11H2,1-2H3/t14-,15-,16+/m1/s1. The Morgan fingerprint density at radius 1 is 1.43 bits per heavy atom. The Kier molecular flexibility index (Phi) is 4.62. The zero-order chi connectivity index (χ0) is 14.8. The van der Waals surface area contributed by atoms with Crippen LogP contribution >= 0.6 is 0 Å². The molecule has 1 aromatic heterocycles. The van der Waals surface area contributed by atoms with E-state index in [0.717, 1.165) is 45.6 Å². The van der Waals surface area contributed by atoms with Gasteiger partial charge in [0.1, 0.15) is 0 Å². The Morgan fingerprint density at radius 3 is 2.95 bits per heavy atom. The molecule has 5 nitrogen and oxygen atoms in total. The molecule has 21 heavy (non-hydrogen) atoms. The number of aliphatic hydroxyl groups is 1. The van der Waals surface area contributed by atoms with Gasteiger partial charge in [0.2, 0.25) is 0 Å². The lowest BCUT2D eigenvalue weighted by molar-refractivity contribution is -0.0536. The van der Waals surface area contributed by atoms with Crippen LogP contribution in [-0.4, -0.2) is 51.7 Å². The second-order valence-electron chi connectivity index (χ2n) is 6.70. The highest BCUT2D eigenvalue weighted by Gasteiger charge is 2.37. The van der Waals surface area contributed by atoms with Crippen molar-refractivity contribution in [2.75, 3.05) is 19.8 Å². The highest BCUT2D eigenvalue weighted by Crippen LogP contribution is 2.32. The lowest BCUT2D eigenvalue weighted by Gasteiger charge is -2.39. The minimum Gasteiger partial charge on any atom is -0.393 e. The maximum Gasteiger partial charge on any atom is 0.0626 e. The van der Waals surface area contributed by atoms with Gasteiger partial charge in [-0.3, -0.25) is 9.58 Å². The molecule has 1 aliphatic carbocycles. The van der Waals surface area contributed by atoms with E-state index < -0.39 is 0 Å². The van der Waals surface area contributed by atoms with Gasteiger partial charge in [-0.2, -0.15) is 5.10 Å². The molecular formula is C16H27N3O2. The summed E-state index contributed by atoms with van der Waals surface area (Å²) >= 11 is 0. The Morgan fingerprint density at radius 2 is 2.29 bits per heavy atom. The van der Waals surface area contributed by atoms with Crippen LogP contribution in [-0.2, 0) is 11.3 Å². The van der Waals surface area contributed by atoms with Crippen molar-refractivity contribution in [3.8, 4) is 0 Å². The van der Waals surface area contributed by atoms with Gasteiger partial charge in [-0.05, 0) is 26.7 Å². The van der Waals surface area contributed by atoms with Crippen LogP contribution in [0.25, 0.3) is 0 Å². The first-order chi connectivity index (χ1) is 10.1. The van der Waals surface area contributed by atoms with Gasteiger partial charge in [0.15, 0.2) is 0 Å². The highest BCUT2D eigenvalue weighted by atomic mass is 16.5. The summed E-state index contributed by atoms with van der Waals surface area (Å²) in [5.41, 5.74) is 1.25. The number of aromatic nitrogens is 2. The molecule has 2 aliphatic rings. The van der Waals surface area contributed by atoms with E-state index in [2.05, 4.69) is 30.0 Å². The SMILES string of the molecule is CC(C)n1cc(CN2CCOC[C@@H]2[C@H]2CCC[C@@H]2O)cn1. The molecule has 0 radical (unpaired) electrons. The molecule has 1 aliphatic heterocycles. The lowest BCUT2D eigenvalue weighted by atomic mass is 9.94. The molecule has 2 heterocycles. The van der Waals surface area contributed by atoms with Crippen LogP contribution in [0.15, 0.2) is 12.4 Å². The van der Waals surface area contributed by atoms with Crippen molar-refractivity contribution in [2.24, 2.45) is 5.92 Å². The van der Waals surface area contributed by atoms with Gasteiger partial charge < -0.3 is 9.84 Å². The fourth-order valence-electron chi connectivity index (χ4n) is 3.64. The molecule has 0 spiro atoms. The van der Waals surface area contributed by atoms with Crippen LogP contribution in [0.3, 0.4) is 0 Å². The largest absolute Gasteiger partial charge is 0.393 e. The summed E-state index contributed by atoms with van der Waals surface area (Å²) in [6.07, 6.45) is 7.16. The van der Waals surface area contributed by atoms with Crippen molar-refractivity contribution in [1.82, 2.24) is 14.7 Å².